The first-order valence-electron chi connectivity index (χ1n) is 11.3. The molecule has 0 aromatic carbocycles. The van der Waals surface area contributed by atoms with Crippen molar-refractivity contribution in [3.8, 4) is 0 Å². The molecule has 31 heavy (non-hydrogen) atoms. The Kier molecular flexibility index (Phi) is 9.53. The summed E-state index contributed by atoms with van der Waals surface area (Å²) in [7, 11) is 0. The van der Waals surface area contributed by atoms with Crippen molar-refractivity contribution in [1.82, 2.24) is 0 Å². The first kappa shape index (κ1) is 26.9. The zero-order valence-corrected chi connectivity index (χ0v) is 20.8. The van der Waals surface area contributed by atoms with Crippen molar-refractivity contribution in [3.63, 3.8) is 0 Å². The second-order valence-corrected chi connectivity index (χ2v) is 10.2. The lowest BCUT2D eigenvalue weighted by molar-refractivity contribution is -0.158. The number of carbonyl (C=O) groups is 4. The molecule has 0 aliphatic heterocycles. The van der Waals surface area contributed by atoms with Gasteiger partial charge < -0.3 is 0 Å². The summed E-state index contributed by atoms with van der Waals surface area (Å²) in [6.07, 6.45) is 4.63. The van der Waals surface area contributed by atoms with Crippen LogP contribution in [-0.4, -0.2) is 23.1 Å². The van der Waals surface area contributed by atoms with Gasteiger partial charge in [0.2, 0.25) is 0 Å². The van der Waals surface area contributed by atoms with Gasteiger partial charge in [-0.3, -0.25) is 19.2 Å². The Balaban J connectivity index is 3.73. The van der Waals surface area contributed by atoms with Gasteiger partial charge in [-0.25, -0.2) is 0 Å². The van der Waals surface area contributed by atoms with Crippen molar-refractivity contribution in [2.45, 2.75) is 88.0 Å². The Morgan fingerprint density at radius 2 is 1.45 bits per heavy atom. The van der Waals surface area contributed by atoms with Crippen LogP contribution in [0.15, 0.2) is 34.4 Å². The maximum absolute atomic E-state index is 13.8. The molecular formula is C27H40O4. The lowest BCUT2D eigenvalue weighted by atomic mass is 9.57. The van der Waals surface area contributed by atoms with E-state index in [2.05, 4.69) is 0 Å². The van der Waals surface area contributed by atoms with Gasteiger partial charge in [-0.1, -0.05) is 48.3 Å². The van der Waals surface area contributed by atoms with E-state index < -0.39 is 28.8 Å². The Labute approximate surface area is 188 Å². The highest BCUT2D eigenvalue weighted by atomic mass is 16.2. The molecule has 0 bridgehead atoms. The Bertz CT molecular complexity index is 825. The van der Waals surface area contributed by atoms with Crippen LogP contribution in [0.4, 0.5) is 0 Å². The number of ketones is 4. The molecule has 1 fully saturated rings. The molecule has 0 N–H and O–H groups in total. The van der Waals surface area contributed by atoms with Crippen LogP contribution < -0.4 is 0 Å². The average Bonchev–Trinajstić information content (AvgIpc) is 2.62. The third-order valence-electron chi connectivity index (χ3n) is 6.12. The van der Waals surface area contributed by atoms with Gasteiger partial charge in [0.1, 0.15) is 5.92 Å². The molecule has 0 heterocycles. The summed E-state index contributed by atoms with van der Waals surface area (Å²) >= 11 is 0. The van der Waals surface area contributed by atoms with Gasteiger partial charge >= 0.3 is 0 Å². The zero-order valence-electron chi connectivity index (χ0n) is 20.8. The van der Waals surface area contributed by atoms with Crippen LogP contribution in [0.25, 0.3) is 0 Å². The molecule has 0 aromatic rings. The molecule has 1 aliphatic rings. The molecule has 0 amide bonds. The molecule has 3 unspecified atom stereocenters. The second kappa shape index (κ2) is 11.0. The minimum atomic E-state index is -1.37. The number of hydrogen-bond acceptors (Lipinski definition) is 4. The normalized spacial score (nSPS) is 23.6. The maximum atomic E-state index is 13.8. The van der Waals surface area contributed by atoms with E-state index in [1.807, 2.05) is 74.5 Å². The van der Waals surface area contributed by atoms with Crippen molar-refractivity contribution in [2.75, 3.05) is 0 Å². The highest BCUT2D eigenvalue weighted by Gasteiger charge is 2.59. The van der Waals surface area contributed by atoms with Gasteiger partial charge in [0.25, 0.3) is 0 Å². The second-order valence-electron chi connectivity index (χ2n) is 10.2. The van der Waals surface area contributed by atoms with E-state index in [1.165, 1.54) is 0 Å². The van der Waals surface area contributed by atoms with Crippen LogP contribution in [0.1, 0.15) is 88.0 Å². The van der Waals surface area contributed by atoms with Crippen LogP contribution in [0, 0.1) is 23.2 Å². The smallest absolute Gasteiger partial charge is 0.164 e. The fourth-order valence-electron chi connectivity index (χ4n) is 4.05. The summed E-state index contributed by atoms with van der Waals surface area (Å²) in [6, 6.07) is 0. The van der Waals surface area contributed by atoms with E-state index in [0.29, 0.717) is 0 Å². The van der Waals surface area contributed by atoms with Crippen LogP contribution in [-0.2, 0) is 19.2 Å². The zero-order chi connectivity index (χ0) is 24.1. The SMILES string of the molecule is CC(C)=CCC1C(=O)C(C(=O)CC(C)C)C(=O)C(CC=C(C)C)(CC(C)=C(C)C)C1=O. The van der Waals surface area contributed by atoms with Gasteiger partial charge in [0.05, 0.1) is 11.3 Å². The summed E-state index contributed by atoms with van der Waals surface area (Å²) in [4.78, 5) is 54.0. The largest absolute Gasteiger partial charge is 0.298 e. The molecule has 4 heteroatoms. The highest BCUT2D eigenvalue weighted by Crippen LogP contribution is 2.45. The van der Waals surface area contributed by atoms with Gasteiger partial charge in [0.15, 0.2) is 23.1 Å². The topological polar surface area (TPSA) is 68.3 Å². The minimum Gasteiger partial charge on any atom is -0.298 e. The lowest BCUT2D eigenvalue weighted by Crippen LogP contribution is -2.57. The van der Waals surface area contributed by atoms with E-state index in [4.69, 9.17) is 0 Å². The molecule has 1 rings (SSSR count). The molecule has 0 spiro atoms. The fraction of sp³-hybridized carbons (Fsp3) is 0.630. The van der Waals surface area contributed by atoms with Crippen LogP contribution in [0.3, 0.4) is 0 Å². The highest BCUT2D eigenvalue weighted by molar-refractivity contribution is 6.34. The number of carbonyl (C=O) groups excluding carboxylic acids is 4. The first-order valence-corrected chi connectivity index (χ1v) is 11.3. The summed E-state index contributed by atoms with van der Waals surface area (Å²) in [5.74, 6) is -3.95. The Morgan fingerprint density at radius 1 is 0.903 bits per heavy atom. The minimum absolute atomic E-state index is 0.0358. The van der Waals surface area contributed by atoms with Crippen molar-refractivity contribution in [3.05, 3.63) is 34.4 Å². The average molecular weight is 429 g/mol. The third kappa shape index (κ3) is 6.44. The maximum Gasteiger partial charge on any atom is 0.164 e. The fourth-order valence-corrected chi connectivity index (χ4v) is 4.05. The van der Waals surface area contributed by atoms with E-state index >= 15 is 0 Å². The molecular weight excluding hydrogens is 388 g/mol. The summed E-state index contributed by atoms with van der Waals surface area (Å²) in [5, 5.41) is 0. The van der Waals surface area contributed by atoms with E-state index in [9.17, 15) is 19.2 Å². The van der Waals surface area contributed by atoms with Gasteiger partial charge in [-0.2, -0.15) is 0 Å². The standard InChI is InChI=1S/C27H40O4/c1-16(2)10-11-21-24(29)23(22(28)14-18(5)6)26(31)27(25(21)30,13-12-17(3)4)15-20(9)19(7)8/h10,12,18,21,23H,11,13-15H2,1-9H3. The van der Waals surface area contributed by atoms with Crippen LogP contribution >= 0.6 is 0 Å². The predicted molar refractivity (Wildman–Crippen MR) is 126 cm³/mol. The number of allylic oxidation sites excluding steroid dienone is 6. The van der Waals surface area contributed by atoms with E-state index in [1.54, 1.807) is 0 Å². The van der Waals surface area contributed by atoms with Gasteiger partial charge in [-0.15, -0.1) is 0 Å². The molecule has 0 saturated heterocycles. The Morgan fingerprint density at radius 3 is 1.90 bits per heavy atom. The number of rotatable bonds is 9. The van der Waals surface area contributed by atoms with Crippen molar-refractivity contribution >= 4 is 23.1 Å². The first-order chi connectivity index (χ1) is 14.2. The molecule has 4 nitrogen and oxygen atoms in total. The third-order valence-corrected chi connectivity index (χ3v) is 6.12. The molecule has 0 radical (unpaired) electrons. The molecule has 172 valence electrons. The Hall–Kier alpha value is -2.10. The molecule has 3 atom stereocenters. The lowest BCUT2D eigenvalue weighted by Gasteiger charge is -2.40. The van der Waals surface area contributed by atoms with Crippen molar-refractivity contribution < 1.29 is 19.2 Å². The van der Waals surface area contributed by atoms with Crippen LogP contribution in [0.2, 0.25) is 0 Å². The van der Waals surface area contributed by atoms with Crippen molar-refractivity contribution in [1.29, 1.82) is 0 Å². The van der Waals surface area contributed by atoms with E-state index in [0.717, 1.165) is 22.3 Å². The van der Waals surface area contributed by atoms with Gasteiger partial charge in [0, 0.05) is 6.42 Å². The van der Waals surface area contributed by atoms with Crippen LogP contribution in [0.5, 0.6) is 0 Å². The number of Topliss-reactive ketones (excluding diaryl/α,β-unsaturated/α-hetero) is 4. The quantitative estimate of drug-likeness (QED) is 0.334. The van der Waals surface area contributed by atoms with E-state index in [-0.39, 0.29) is 43.2 Å². The summed E-state index contributed by atoms with van der Waals surface area (Å²) < 4.78 is 0. The molecule has 1 aliphatic carbocycles. The predicted octanol–water partition coefficient (Wildman–Crippen LogP) is 6.00. The molecule has 1 saturated carbocycles. The van der Waals surface area contributed by atoms with Crippen molar-refractivity contribution in [2.24, 2.45) is 23.2 Å². The summed E-state index contributed by atoms with van der Waals surface area (Å²) in [5.41, 5.74) is 2.62. The van der Waals surface area contributed by atoms with Gasteiger partial charge in [-0.05, 0) is 73.6 Å². The molecule has 0 aromatic heterocycles. The number of hydrogen-bond donors (Lipinski definition) is 0. The summed E-state index contributed by atoms with van der Waals surface area (Å²) in [6.45, 7) is 17.3. The monoisotopic (exact) mass is 428 g/mol.